The highest BCUT2D eigenvalue weighted by Crippen LogP contribution is 2.20. The van der Waals surface area contributed by atoms with Crippen molar-refractivity contribution < 1.29 is 0 Å². The fourth-order valence-electron chi connectivity index (χ4n) is 2.69. The molecular formula is C16H18N6O. The predicted octanol–water partition coefficient (Wildman–Crippen LogP) is -0.341. The molecule has 0 saturated carbocycles. The van der Waals surface area contributed by atoms with E-state index >= 15 is 0 Å². The van der Waals surface area contributed by atoms with E-state index in [1.54, 1.807) is 13.1 Å². The molecule has 1 N–H and O–H groups in total. The van der Waals surface area contributed by atoms with Crippen LogP contribution in [0.1, 0.15) is 6.92 Å². The van der Waals surface area contributed by atoms with Crippen molar-refractivity contribution in [1.82, 2.24) is 24.6 Å². The van der Waals surface area contributed by atoms with Crippen LogP contribution >= 0.6 is 0 Å². The van der Waals surface area contributed by atoms with Crippen LogP contribution in [0.2, 0.25) is 0 Å². The molecule has 2 aromatic rings. The lowest BCUT2D eigenvalue weighted by molar-refractivity contribution is 0.572. The molecule has 2 aromatic heterocycles. The summed E-state index contributed by atoms with van der Waals surface area (Å²) in [6, 6.07) is 0. The first-order valence-corrected chi connectivity index (χ1v) is 7.51. The standard InChI is InChI=1S/C16H18N6O/c1-3-5-9-21-14-13(12-18-22(8-4-2)15(14)23)19-16(21)20-10-6-17-7-11-20/h2,12,17H,6-11H2,1H3. The number of piperazine rings is 1. The number of hydrogen-bond donors (Lipinski definition) is 1. The van der Waals surface area contributed by atoms with Gasteiger partial charge in [-0.2, -0.15) is 5.10 Å². The first-order chi connectivity index (χ1) is 11.3. The Hall–Kier alpha value is -2.77. The minimum Gasteiger partial charge on any atom is -0.340 e. The fraction of sp³-hybridized carbons (Fsp3) is 0.438. The van der Waals surface area contributed by atoms with E-state index < -0.39 is 0 Å². The van der Waals surface area contributed by atoms with Crippen molar-refractivity contribution in [1.29, 1.82) is 0 Å². The summed E-state index contributed by atoms with van der Waals surface area (Å²) < 4.78 is 3.15. The first kappa shape index (κ1) is 15.1. The van der Waals surface area contributed by atoms with Gasteiger partial charge in [-0.3, -0.25) is 9.36 Å². The average molecular weight is 310 g/mol. The maximum Gasteiger partial charge on any atom is 0.293 e. The van der Waals surface area contributed by atoms with E-state index in [9.17, 15) is 4.79 Å². The van der Waals surface area contributed by atoms with Crippen molar-refractivity contribution >= 4 is 17.0 Å². The van der Waals surface area contributed by atoms with Crippen LogP contribution in [0.15, 0.2) is 11.0 Å². The monoisotopic (exact) mass is 310 g/mol. The molecule has 7 heteroatoms. The normalized spacial score (nSPS) is 14.3. The third-order valence-corrected chi connectivity index (χ3v) is 3.79. The van der Waals surface area contributed by atoms with Crippen LogP contribution in [0.4, 0.5) is 5.95 Å². The van der Waals surface area contributed by atoms with E-state index in [0.717, 1.165) is 32.1 Å². The van der Waals surface area contributed by atoms with E-state index in [2.05, 4.69) is 38.1 Å². The van der Waals surface area contributed by atoms with Crippen molar-refractivity contribution in [2.24, 2.45) is 0 Å². The smallest absolute Gasteiger partial charge is 0.293 e. The number of fused-ring (bicyclic) bond motifs is 1. The van der Waals surface area contributed by atoms with Crippen molar-refractivity contribution in [2.45, 2.75) is 20.0 Å². The Morgan fingerprint density at radius 2 is 2.13 bits per heavy atom. The molecule has 3 heterocycles. The summed E-state index contributed by atoms with van der Waals surface area (Å²) in [6.07, 6.45) is 6.90. The van der Waals surface area contributed by atoms with E-state index in [0.29, 0.717) is 17.6 Å². The highest BCUT2D eigenvalue weighted by Gasteiger charge is 2.21. The third kappa shape index (κ3) is 2.79. The molecular weight excluding hydrogens is 292 g/mol. The van der Waals surface area contributed by atoms with Gasteiger partial charge in [0.2, 0.25) is 5.95 Å². The molecule has 0 atom stereocenters. The number of terminal acetylenes is 1. The Morgan fingerprint density at radius 3 is 2.83 bits per heavy atom. The van der Waals surface area contributed by atoms with Gasteiger partial charge in [0.1, 0.15) is 17.6 Å². The summed E-state index contributed by atoms with van der Waals surface area (Å²) in [4.78, 5) is 19.4. The zero-order valence-electron chi connectivity index (χ0n) is 13.0. The number of nitrogens with zero attached hydrogens (tertiary/aromatic N) is 5. The zero-order chi connectivity index (χ0) is 16.2. The molecule has 0 bridgehead atoms. The molecule has 3 rings (SSSR count). The molecule has 0 aliphatic carbocycles. The molecule has 118 valence electrons. The molecule has 0 unspecified atom stereocenters. The molecule has 23 heavy (non-hydrogen) atoms. The molecule has 1 aliphatic heterocycles. The van der Waals surface area contributed by atoms with Crippen molar-refractivity contribution in [3.05, 3.63) is 16.6 Å². The SMILES string of the molecule is C#CCn1ncc2nc(N3CCNCC3)n(CC#CC)c2c1=O. The summed E-state index contributed by atoms with van der Waals surface area (Å²) in [7, 11) is 0. The van der Waals surface area contributed by atoms with Crippen molar-refractivity contribution in [3.63, 3.8) is 0 Å². The van der Waals surface area contributed by atoms with E-state index in [-0.39, 0.29) is 12.1 Å². The van der Waals surface area contributed by atoms with Gasteiger partial charge in [-0.15, -0.1) is 12.3 Å². The highest BCUT2D eigenvalue weighted by molar-refractivity contribution is 5.77. The number of aromatic nitrogens is 4. The lowest BCUT2D eigenvalue weighted by atomic mass is 10.4. The van der Waals surface area contributed by atoms with Gasteiger partial charge >= 0.3 is 0 Å². The third-order valence-electron chi connectivity index (χ3n) is 3.79. The van der Waals surface area contributed by atoms with Gasteiger partial charge in [0.25, 0.3) is 5.56 Å². The second-order valence-corrected chi connectivity index (χ2v) is 5.21. The number of hydrogen-bond acceptors (Lipinski definition) is 5. The first-order valence-electron chi connectivity index (χ1n) is 7.51. The number of anilines is 1. The predicted molar refractivity (Wildman–Crippen MR) is 89.2 cm³/mol. The van der Waals surface area contributed by atoms with Gasteiger partial charge in [0, 0.05) is 26.2 Å². The van der Waals surface area contributed by atoms with Crippen LogP contribution in [0.3, 0.4) is 0 Å². The van der Waals surface area contributed by atoms with Gasteiger partial charge in [0.05, 0.1) is 12.7 Å². The Bertz CT molecular complexity index is 870. The van der Waals surface area contributed by atoms with Crippen LogP contribution in [0.5, 0.6) is 0 Å². The average Bonchev–Trinajstić information content (AvgIpc) is 2.96. The number of nitrogens with one attached hydrogen (secondary N) is 1. The quantitative estimate of drug-likeness (QED) is 0.786. The molecule has 0 radical (unpaired) electrons. The maximum atomic E-state index is 12.7. The molecule has 0 spiro atoms. The molecule has 1 aliphatic rings. The van der Waals surface area contributed by atoms with Gasteiger partial charge in [-0.1, -0.05) is 11.8 Å². The van der Waals surface area contributed by atoms with Gasteiger partial charge < -0.3 is 10.2 Å². The molecule has 7 nitrogen and oxygen atoms in total. The lowest BCUT2D eigenvalue weighted by Crippen LogP contribution is -2.44. The number of rotatable bonds is 3. The summed E-state index contributed by atoms with van der Waals surface area (Å²) in [5.74, 6) is 9.11. The number of imidazole rings is 1. The highest BCUT2D eigenvalue weighted by atomic mass is 16.1. The summed E-state index contributed by atoms with van der Waals surface area (Å²) in [5.41, 5.74) is 0.855. The van der Waals surface area contributed by atoms with E-state index in [1.165, 1.54) is 4.68 Å². The summed E-state index contributed by atoms with van der Waals surface area (Å²) in [6.45, 7) is 5.81. The van der Waals surface area contributed by atoms with Crippen LogP contribution in [-0.2, 0) is 13.1 Å². The van der Waals surface area contributed by atoms with Gasteiger partial charge in [-0.05, 0) is 6.92 Å². The maximum absolute atomic E-state index is 12.7. The van der Waals surface area contributed by atoms with E-state index in [1.807, 2.05) is 4.57 Å². The zero-order valence-corrected chi connectivity index (χ0v) is 13.0. The lowest BCUT2D eigenvalue weighted by Gasteiger charge is -2.28. The Labute approximate surface area is 134 Å². The molecule has 0 amide bonds. The topological polar surface area (TPSA) is 68.0 Å². The second kappa shape index (κ2) is 6.55. The van der Waals surface area contributed by atoms with Crippen molar-refractivity contribution in [3.8, 4) is 24.2 Å². The Balaban J connectivity index is 2.18. The molecule has 1 fully saturated rings. The summed E-state index contributed by atoms with van der Waals surface area (Å²) in [5, 5.41) is 7.41. The Kier molecular flexibility index (Phi) is 4.31. The Morgan fingerprint density at radius 1 is 1.35 bits per heavy atom. The molecule has 0 aromatic carbocycles. The van der Waals surface area contributed by atoms with E-state index in [4.69, 9.17) is 6.42 Å². The molecule has 1 saturated heterocycles. The van der Waals surface area contributed by atoms with Gasteiger partial charge in [0.15, 0.2) is 0 Å². The van der Waals surface area contributed by atoms with Gasteiger partial charge in [-0.25, -0.2) is 9.67 Å². The van der Waals surface area contributed by atoms with Crippen LogP contribution in [0.25, 0.3) is 11.0 Å². The minimum absolute atomic E-state index is 0.141. The fourth-order valence-corrected chi connectivity index (χ4v) is 2.69. The van der Waals surface area contributed by atoms with Crippen LogP contribution in [-0.4, -0.2) is 45.5 Å². The second-order valence-electron chi connectivity index (χ2n) is 5.21. The van der Waals surface area contributed by atoms with Crippen LogP contribution in [0, 0.1) is 24.2 Å². The largest absolute Gasteiger partial charge is 0.340 e. The minimum atomic E-state index is -0.229. The summed E-state index contributed by atoms with van der Waals surface area (Å²) >= 11 is 0. The van der Waals surface area contributed by atoms with Crippen LogP contribution < -0.4 is 15.8 Å². The van der Waals surface area contributed by atoms with Crippen molar-refractivity contribution in [2.75, 3.05) is 31.1 Å².